The summed E-state index contributed by atoms with van der Waals surface area (Å²) in [7, 11) is 1.71. The van der Waals surface area contributed by atoms with Crippen molar-refractivity contribution in [3.63, 3.8) is 0 Å². The second-order valence-electron chi connectivity index (χ2n) is 4.64. The number of hydrogen-bond acceptors (Lipinski definition) is 3. The van der Waals surface area contributed by atoms with Gasteiger partial charge in [-0.15, -0.1) is 24.8 Å². The summed E-state index contributed by atoms with van der Waals surface area (Å²) in [4.78, 5) is 2.44. The van der Waals surface area contributed by atoms with Gasteiger partial charge in [0, 0.05) is 16.6 Å². The Morgan fingerprint density at radius 2 is 1.77 bits per heavy atom. The highest BCUT2D eigenvalue weighted by Crippen LogP contribution is 2.32. The largest absolute Gasteiger partial charge is 0.495 e. The lowest BCUT2D eigenvalue weighted by atomic mass is 10.2. The summed E-state index contributed by atoms with van der Waals surface area (Å²) in [5, 5.41) is 3.49. The minimum atomic E-state index is 0. The molecular formula is C15H26Br2Cl2N2O. The molecule has 0 bridgehead atoms. The molecule has 3 nitrogen and oxygen atoms in total. The first-order valence-corrected chi connectivity index (χ1v) is 8.65. The minimum absolute atomic E-state index is 0. The smallest absolute Gasteiger partial charge is 0.137 e. The summed E-state index contributed by atoms with van der Waals surface area (Å²) in [6, 6.07) is 4.10. The number of nitrogens with one attached hydrogen (secondary N) is 1. The fraction of sp³-hybridized carbons (Fsp3) is 0.600. The predicted molar refractivity (Wildman–Crippen MR) is 107 cm³/mol. The lowest BCUT2D eigenvalue weighted by molar-refractivity contribution is 0.298. The molecule has 0 aliphatic carbocycles. The van der Waals surface area contributed by atoms with Crippen molar-refractivity contribution in [2.45, 2.75) is 26.8 Å². The van der Waals surface area contributed by atoms with E-state index in [4.69, 9.17) is 4.74 Å². The molecule has 0 heterocycles. The number of ether oxygens (including phenoxy) is 1. The fourth-order valence-corrected chi connectivity index (χ4v) is 3.64. The topological polar surface area (TPSA) is 24.5 Å². The lowest BCUT2D eigenvalue weighted by Crippen LogP contribution is -2.27. The number of halogens is 4. The molecular weight excluding hydrogens is 455 g/mol. The first kappa shape index (κ1) is 24.7. The van der Waals surface area contributed by atoms with E-state index in [-0.39, 0.29) is 24.8 Å². The molecule has 0 saturated heterocycles. The van der Waals surface area contributed by atoms with Gasteiger partial charge in [-0.3, -0.25) is 0 Å². The molecule has 0 aliphatic rings. The third-order valence-corrected chi connectivity index (χ3v) is 4.37. The Morgan fingerprint density at radius 3 is 2.32 bits per heavy atom. The molecule has 0 fully saturated rings. The van der Waals surface area contributed by atoms with Gasteiger partial charge in [0.25, 0.3) is 0 Å². The van der Waals surface area contributed by atoms with Crippen LogP contribution in [-0.4, -0.2) is 38.2 Å². The molecule has 1 N–H and O–H groups in total. The third kappa shape index (κ3) is 8.37. The van der Waals surface area contributed by atoms with Crippen LogP contribution in [0, 0.1) is 0 Å². The highest BCUT2D eigenvalue weighted by molar-refractivity contribution is 9.11. The van der Waals surface area contributed by atoms with Crippen LogP contribution in [0.3, 0.4) is 0 Å². The van der Waals surface area contributed by atoms with Gasteiger partial charge in [0.05, 0.1) is 11.6 Å². The number of benzene rings is 1. The van der Waals surface area contributed by atoms with Crippen molar-refractivity contribution in [1.29, 1.82) is 0 Å². The molecule has 22 heavy (non-hydrogen) atoms. The second kappa shape index (κ2) is 13.9. The molecule has 7 heteroatoms. The fourth-order valence-electron chi connectivity index (χ4n) is 2.16. The Bertz CT molecular complexity index is 419. The molecule has 1 rings (SSSR count). The van der Waals surface area contributed by atoms with Gasteiger partial charge in [-0.1, -0.05) is 29.8 Å². The predicted octanol–water partition coefficient (Wildman–Crippen LogP) is 4.89. The maximum atomic E-state index is 5.45. The van der Waals surface area contributed by atoms with Crippen LogP contribution >= 0.6 is 56.7 Å². The van der Waals surface area contributed by atoms with Gasteiger partial charge < -0.3 is 15.0 Å². The van der Waals surface area contributed by atoms with Crippen LogP contribution < -0.4 is 10.1 Å². The van der Waals surface area contributed by atoms with E-state index in [0.717, 1.165) is 53.0 Å². The van der Waals surface area contributed by atoms with Crippen LogP contribution in [-0.2, 0) is 6.54 Å². The molecule has 1 aromatic carbocycles. The van der Waals surface area contributed by atoms with E-state index in [0.29, 0.717) is 0 Å². The Morgan fingerprint density at radius 1 is 1.14 bits per heavy atom. The van der Waals surface area contributed by atoms with Crippen LogP contribution in [0.2, 0.25) is 0 Å². The summed E-state index contributed by atoms with van der Waals surface area (Å²) in [5.41, 5.74) is 1.16. The normalized spacial score (nSPS) is 10.1. The molecule has 0 amide bonds. The summed E-state index contributed by atoms with van der Waals surface area (Å²) in [6.07, 6.45) is 1.17. The van der Waals surface area contributed by atoms with Crippen LogP contribution in [0.1, 0.15) is 25.8 Å². The molecule has 0 aliphatic heterocycles. The average molecular weight is 481 g/mol. The lowest BCUT2D eigenvalue weighted by Gasteiger charge is -2.18. The Kier molecular flexibility index (Phi) is 15.6. The number of nitrogens with zero attached hydrogens (tertiary/aromatic N) is 1. The monoisotopic (exact) mass is 478 g/mol. The van der Waals surface area contributed by atoms with Crippen molar-refractivity contribution in [2.75, 3.05) is 33.3 Å². The molecule has 0 unspecified atom stereocenters. The first-order valence-electron chi connectivity index (χ1n) is 7.07. The van der Waals surface area contributed by atoms with E-state index in [9.17, 15) is 0 Å². The SMILES string of the molecule is CCN(CC)CCCNCc1cc(Br)cc(Br)c1OC.Cl.Cl. The van der Waals surface area contributed by atoms with Crippen LogP contribution in [0.25, 0.3) is 0 Å². The Labute approximate surface area is 163 Å². The van der Waals surface area contributed by atoms with Crippen LogP contribution in [0.5, 0.6) is 5.75 Å². The summed E-state index contributed by atoms with van der Waals surface area (Å²) in [5.74, 6) is 0.907. The molecule has 130 valence electrons. The summed E-state index contributed by atoms with van der Waals surface area (Å²) < 4.78 is 7.49. The van der Waals surface area contributed by atoms with Crippen molar-refractivity contribution < 1.29 is 4.74 Å². The van der Waals surface area contributed by atoms with E-state index in [1.165, 1.54) is 6.42 Å². The zero-order valence-electron chi connectivity index (χ0n) is 13.3. The quantitative estimate of drug-likeness (QED) is 0.509. The van der Waals surface area contributed by atoms with Crippen molar-refractivity contribution in [1.82, 2.24) is 10.2 Å². The van der Waals surface area contributed by atoms with Crippen molar-refractivity contribution in [2.24, 2.45) is 0 Å². The van der Waals surface area contributed by atoms with Gasteiger partial charge in [-0.05, 0) is 60.7 Å². The van der Waals surface area contributed by atoms with E-state index in [1.54, 1.807) is 7.11 Å². The second-order valence-corrected chi connectivity index (χ2v) is 6.41. The number of rotatable bonds is 9. The highest BCUT2D eigenvalue weighted by atomic mass is 79.9. The molecule has 0 atom stereocenters. The molecule has 0 spiro atoms. The van der Waals surface area contributed by atoms with Gasteiger partial charge in [-0.2, -0.15) is 0 Å². The Balaban J connectivity index is 0. The average Bonchev–Trinajstić information content (AvgIpc) is 2.42. The molecule has 1 aromatic rings. The molecule has 0 aromatic heterocycles. The van der Waals surface area contributed by atoms with Crippen molar-refractivity contribution in [3.8, 4) is 5.75 Å². The molecule has 0 saturated carbocycles. The highest BCUT2D eigenvalue weighted by Gasteiger charge is 2.08. The van der Waals surface area contributed by atoms with E-state index in [2.05, 4.69) is 62.0 Å². The van der Waals surface area contributed by atoms with Gasteiger partial charge in [0.15, 0.2) is 0 Å². The minimum Gasteiger partial charge on any atom is -0.495 e. The van der Waals surface area contributed by atoms with Crippen molar-refractivity contribution in [3.05, 3.63) is 26.6 Å². The van der Waals surface area contributed by atoms with Gasteiger partial charge in [-0.25, -0.2) is 0 Å². The zero-order chi connectivity index (χ0) is 15.0. The Hall–Kier alpha value is 0.480. The van der Waals surface area contributed by atoms with E-state index < -0.39 is 0 Å². The standard InChI is InChI=1S/C15H24Br2N2O.2ClH/c1-4-19(5-2)8-6-7-18-11-12-9-13(16)10-14(17)15(12)20-3;;/h9-10,18H,4-8,11H2,1-3H3;2*1H. The number of methoxy groups -OCH3 is 1. The van der Waals surface area contributed by atoms with Crippen LogP contribution in [0.4, 0.5) is 0 Å². The maximum absolute atomic E-state index is 5.45. The first-order chi connectivity index (χ1) is 9.62. The van der Waals surface area contributed by atoms with Crippen molar-refractivity contribution >= 4 is 56.7 Å². The van der Waals surface area contributed by atoms with E-state index >= 15 is 0 Å². The van der Waals surface area contributed by atoms with Gasteiger partial charge in [0.2, 0.25) is 0 Å². The maximum Gasteiger partial charge on any atom is 0.137 e. The van der Waals surface area contributed by atoms with Gasteiger partial charge in [0.1, 0.15) is 5.75 Å². The van der Waals surface area contributed by atoms with E-state index in [1.807, 2.05) is 6.07 Å². The number of hydrogen-bond donors (Lipinski definition) is 1. The van der Waals surface area contributed by atoms with Crippen LogP contribution in [0.15, 0.2) is 21.1 Å². The van der Waals surface area contributed by atoms with Gasteiger partial charge >= 0.3 is 0 Å². The third-order valence-electron chi connectivity index (χ3n) is 3.33. The zero-order valence-corrected chi connectivity index (χ0v) is 18.1. The summed E-state index contributed by atoms with van der Waals surface area (Å²) in [6.45, 7) is 9.66. The summed E-state index contributed by atoms with van der Waals surface area (Å²) >= 11 is 7.05. The molecule has 0 radical (unpaired) electrons.